The highest BCUT2D eigenvalue weighted by molar-refractivity contribution is 7.20. The molecule has 0 aliphatic rings. The van der Waals surface area contributed by atoms with Crippen molar-refractivity contribution < 1.29 is 4.79 Å². The van der Waals surface area contributed by atoms with E-state index < -0.39 is 0 Å². The first kappa shape index (κ1) is 15.0. The molecule has 5 nitrogen and oxygen atoms in total. The van der Waals surface area contributed by atoms with Crippen LogP contribution in [0.15, 0.2) is 60.2 Å². The number of hydrogen-bond donors (Lipinski definition) is 1. The Morgan fingerprint density at radius 2 is 2.12 bits per heavy atom. The van der Waals surface area contributed by atoms with E-state index in [2.05, 4.69) is 21.5 Å². The molecule has 0 spiro atoms. The van der Waals surface area contributed by atoms with Crippen molar-refractivity contribution in [3.8, 4) is 0 Å². The third-order valence-corrected chi connectivity index (χ3v) is 5.67. The molecule has 1 atom stereocenters. The van der Waals surface area contributed by atoms with Gasteiger partial charge in [-0.25, -0.2) is 4.98 Å². The molecule has 1 N–H and O–H groups in total. The third kappa shape index (κ3) is 2.95. The summed E-state index contributed by atoms with van der Waals surface area (Å²) in [4.78, 5) is 18.0. The lowest BCUT2D eigenvalue weighted by atomic mass is 10.2. The number of benzene rings is 1. The van der Waals surface area contributed by atoms with Crippen molar-refractivity contribution in [3.63, 3.8) is 0 Å². The van der Waals surface area contributed by atoms with E-state index in [0.717, 1.165) is 15.1 Å². The summed E-state index contributed by atoms with van der Waals surface area (Å²) in [6, 6.07) is 13.7. The highest BCUT2D eigenvalue weighted by atomic mass is 32.1. The van der Waals surface area contributed by atoms with Gasteiger partial charge in [0, 0.05) is 23.8 Å². The van der Waals surface area contributed by atoms with Gasteiger partial charge in [-0.3, -0.25) is 9.48 Å². The molecule has 4 aromatic rings. The zero-order valence-electron chi connectivity index (χ0n) is 12.6. The number of thiazole rings is 1. The topological polar surface area (TPSA) is 59.8 Å². The maximum atomic E-state index is 12.5. The van der Waals surface area contributed by atoms with Crippen LogP contribution in [0.25, 0.3) is 10.2 Å². The molecule has 0 radical (unpaired) electrons. The number of rotatable bonds is 5. The van der Waals surface area contributed by atoms with Gasteiger partial charge in [0.1, 0.15) is 6.04 Å². The Hall–Kier alpha value is -2.51. The molecule has 0 fully saturated rings. The van der Waals surface area contributed by atoms with E-state index in [4.69, 9.17) is 0 Å². The molecule has 7 heteroatoms. The number of nitrogens with zero attached hydrogens (tertiary/aromatic N) is 3. The van der Waals surface area contributed by atoms with Gasteiger partial charge in [0.15, 0.2) is 5.01 Å². The molecule has 0 bridgehead atoms. The molecule has 3 aromatic heterocycles. The van der Waals surface area contributed by atoms with Crippen LogP contribution >= 0.6 is 22.7 Å². The summed E-state index contributed by atoms with van der Waals surface area (Å²) in [7, 11) is 0. The molecule has 24 heavy (non-hydrogen) atoms. The van der Waals surface area contributed by atoms with E-state index in [-0.39, 0.29) is 11.9 Å². The van der Waals surface area contributed by atoms with Gasteiger partial charge >= 0.3 is 0 Å². The highest BCUT2D eigenvalue weighted by Gasteiger charge is 2.18. The second-order valence-electron chi connectivity index (χ2n) is 5.21. The average Bonchev–Trinajstić information content (AvgIpc) is 3.35. The van der Waals surface area contributed by atoms with Crippen LogP contribution in [-0.2, 0) is 0 Å². The Morgan fingerprint density at radius 1 is 1.21 bits per heavy atom. The molecule has 1 amide bonds. The zero-order valence-corrected chi connectivity index (χ0v) is 14.3. The average molecular weight is 354 g/mol. The standard InChI is InChI=1S/C17H14N4OS2/c22-16(17-20-12-5-1-2-6-14(12)24-17)18-11-13(15-7-3-10-23-15)21-9-4-8-19-21/h1-10,13H,11H2,(H,18,22). The van der Waals surface area contributed by atoms with E-state index in [1.807, 2.05) is 52.7 Å². The van der Waals surface area contributed by atoms with Crippen LogP contribution in [0.3, 0.4) is 0 Å². The maximum absolute atomic E-state index is 12.5. The number of aromatic nitrogens is 3. The normalized spacial score (nSPS) is 12.3. The highest BCUT2D eigenvalue weighted by Crippen LogP contribution is 2.23. The number of nitrogens with one attached hydrogen (secondary N) is 1. The molecule has 4 rings (SSSR count). The van der Waals surface area contributed by atoms with E-state index in [9.17, 15) is 4.79 Å². The van der Waals surface area contributed by atoms with Crippen LogP contribution in [0, 0.1) is 0 Å². The predicted molar refractivity (Wildman–Crippen MR) is 96.6 cm³/mol. The van der Waals surface area contributed by atoms with Gasteiger partial charge in [-0.2, -0.15) is 5.10 Å². The monoisotopic (exact) mass is 354 g/mol. The SMILES string of the molecule is O=C(NCC(c1cccs1)n1cccn1)c1nc2ccccc2s1. The summed E-state index contributed by atoms with van der Waals surface area (Å²) in [6.45, 7) is 0.469. The Morgan fingerprint density at radius 3 is 2.88 bits per heavy atom. The van der Waals surface area contributed by atoms with Crippen molar-refractivity contribution in [2.75, 3.05) is 6.54 Å². The van der Waals surface area contributed by atoms with Crippen LogP contribution in [0.4, 0.5) is 0 Å². The molecule has 0 saturated carbocycles. The second kappa shape index (κ2) is 6.54. The van der Waals surface area contributed by atoms with Crippen LogP contribution < -0.4 is 5.32 Å². The van der Waals surface area contributed by atoms with E-state index in [1.165, 1.54) is 11.3 Å². The van der Waals surface area contributed by atoms with Crippen LogP contribution in [0.1, 0.15) is 20.7 Å². The Bertz CT molecular complexity index is 877. The molecular weight excluding hydrogens is 340 g/mol. The van der Waals surface area contributed by atoms with Gasteiger partial charge in [0.2, 0.25) is 0 Å². The quantitative estimate of drug-likeness (QED) is 0.596. The van der Waals surface area contributed by atoms with Gasteiger partial charge in [-0.1, -0.05) is 18.2 Å². The molecular formula is C17H14N4OS2. The molecule has 0 aliphatic carbocycles. The fourth-order valence-electron chi connectivity index (χ4n) is 2.50. The Kier molecular flexibility index (Phi) is 4.10. The largest absolute Gasteiger partial charge is 0.347 e. The van der Waals surface area contributed by atoms with Crippen molar-refractivity contribution in [1.82, 2.24) is 20.1 Å². The third-order valence-electron chi connectivity index (χ3n) is 3.66. The smallest absolute Gasteiger partial charge is 0.280 e. The Balaban J connectivity index is 1.52. The van der Waals surface area contributed by atoms with Crippen molar-refractivity contribution in [1.29, 1.82) is 0 Å². The maximum Gasteiger partial charge on any atom is 0.280 e. The van der Waals surface area contributed by atoms with Crippen molar-refractivity contribution in [2.45, 2.75) is 6.04 Å². The van der Waals surface area contributed by atoms with E-state index in [0.29, 0.717) is 11.6 Å². The first-order valence-corrected chi connectivity index (χ1v) is 9.17. The number of carbonyl (C=O) groups excluding carboxylic acids is 1. The lowest BCUT2D eigenvalue weighted by molar-refractivity contribution is 0.0949. The van der Waals surface area contributed by atoms with E-state index in [1.54, 1.807) is 17.5 Å². The minimum absolute atomic E-state index is 0.0154. The summed E-state index contributed by atoms with van der Waals surface area (Å²) in [5.74, 6) is -0.148. The van der Waals surface area contributed by atoms with Gasteiger partial charge < -0.3 is 5.32 Å². The first-order chi connectivity index (χ1) is 11.8. The molecule has 0 aliphatic heterocycles. The van der Waals surface area contributed by atoms with Crippen molar-refractivity contribution in [2.24, 2.45) is 0 Å². The first-order valence-electron chi connectivity index (χ1n) is 7.47. The van der Waals surface area contributed by atoms with Crippen molar-refractivity contribution in [3.05, 3.63) is 70.1 Å². The molecule has 1 aromatic carbocycles. The van der Waals surface area contributed by atoms with Crippen LogP contribution in [0.2, 0.25) is 0 Å². The second-order valence-corrected chi connectivity index (χ2v) is 7.22. The minimum Gasteiger partial charge on any atom is -0.347 e. The number of carbonyl (C=O) groups is 1. The van der Waals surface area contributed by atoms with Gasteiger partial charge in [-0.05, 0) is 29.6 Å². The van der Waals surface area contributed by atoms with Crippen LogP contribution in [-0.4, -0.2) is 27.2 Å². The summed E-state index contributed by atoms with van der Waals surface area (Å²) in [5.41, 5.74) is 0.856. The lowest BCUT2D eigenvalue weighted by Crippen LogP contribution is -2.31. The van der Waals surface area contributed by atoms with Crippen LogP contribution in [0.5, 0.6) is 0 Å². The number of hydrogen-bond acceptors (Lipinski definition) is 5. The molecule has 0 saturated heterocycles. The zero-order chi connectivity index (χ0) is 16.4. The van der Waals surface area contributed by atoms with Gasteiger partial charge in [-0.15, -0.1) is 22.7 Å². The van der Waals surface area contributed by atoms with Gasteiger partial charge in [0.05, 0.1) is 10.2 Å². The molecule has 120 valence electrons. The number of thiophene rings is 1. The fourth-order valence-corrected chi connectivity index (χ4v) is 4.21. The molecule has 1 unspecified atom stereocenters. The van der Waals surface area contributed by atoms with Crippen molar-refractivity contribution >= 4 is 38.8 Å². The number of amides is 1. The fraction of sp³-hybridized carbons (Fsp3) is 0.118. The lowest BCUT2D eigenvalue weighted by Gasteiger charge is -2.16. The van der Waals surface area contributed by atoms with E-state index >= 15 is 0 Å². The Labute approximate surface area is 146 Å². The number of fused-ring (bicyclic) bond motifs is 1. The summed E-state index contributed by atoms with van der Waals surface area (Å²) < 4.78 is 2.88. The minimum atomic E-state index is -0.148. The molecule has 3 heterocycles. The summed E-state index contributed by atoms with van der Waals surface area (Å²) in [5, 5.41) is 9.82. The van der Waals surface area contributed by atoms with Gasteiger partial charge in [0.25, 0.3) is 5.91 Å². The number of para-hydroxylation sites is 1. The summed E-state index contributed by atoms with van der Waals surface area (Å²) in [6.07, 6.45) is 3.66. The summed E-state index contributed by atoms with van der Waals surface area (Å²) >= 11 is 3.06. The predicted octanol–water partition coefficient (Wildman–Crippen LogP) is 3.57.